The fourth-order valence-corrected chi connectivity index (χ4v) is 8.26. The van der Waals surface area contributed by atoms with Crippen LogP contribution in [0.15, 0.2) is 186 Å². The van der Waals surface area contributed by atoms with E-state index in [4.69, 9.17) is 9.40 Å². The van der Waals surface area contributed by atoms with E-state index in [1.54, 1.807) is 11.3 Å². The van der Waals surface area contributed by atoms with E-state index < -0.39 is 0 Å². The van der Waals surface area contributed by atoms with Crippen molar-refractivity contribution in [2.45, 2.75) is 0 Å². The second kappa shape index (κ2) is 12.1. The van der Waals surface area contributed by atoms with Crippen molar-refractivity contribution < 1.29 is 4.42 Å². The van der Waals surface area contributed by atoms with E-state index in [1.807, 2.05) is 6.07 Å². The van der Waals surface area contributed by atoms with Gasteiger partial charge in [-0.25, -0.2) is 4.98 Å². The van der Waals surface area contributed by atoms with Crippen LogP contribution in [0.2, 0.25) is 0 Å². The molecule has 4 heteroatoms. The maximum Gasteiger partial charge on any atom is 0.160 e. The van der Waals surface area contributed by atoms with E-state index in [-0.39, 0.29) is 0 Å². The Hall–Kier alpha value is -6.49. The molecule has 0 saturated heterocycles. The van der Waals surface area contributed by atoms with Crippen LogP contribution in [-0.2, 0) is 0 Å². The van der Waals surface area contributed by atoms with Crippen LogP contribution in [0.4, 0.5) is 17.1 Å². The molecule has 240 valence electrons. The number of fused-ring (bicyclic) bond motifs is 6. The maximum atomic E-state index is 6.81. The van der Waals surface area contributed by atoms with Gasteiger partial charge in [0, 0.05) is 27.7 Å². The molecule has 0 amide bonds. The molecular weight excluding hydrogens is 641 g/mol. The van der Waals surface area contributed by atoms with Crippen molar-refractivity contribution in [2.75, 3.05) is 4.90 Å². The molecule has 0 N–H and O–H groups in total. The normalized spacial score (nSPS) is 11.5. The highest BCUT2D eigenvalue weighted by molar-refractivity contribution is 7.22. The molecule has 0 spiro atoms. The number of hydrogen-bond donors (Lipinski definition) is 0. The third-order valence-electron chi connectivity index (χ3n) is 9.69. The van der Waals surface area contributed by atoms with Crippen LogP contribution in [0, 0.1) is 0 Å². The molecule has 8 aromatic carbocycles. The Morgan fingerprint density at radius 3 is 1.76 bits per heavy atom. The average Bonchev–Trinajstić information content (AvgIpc) is 3.81. The summed E-state index contributed by atoms with van der Waals surface area (Å²) in [6, 6.07) is 64.3. The van der Waals surface area contributed by atoms with Gasteiger partial charge >= 0.3 is 0 Å². The van der Waals surface area contributed by atoms with Crippen molar-refractivity contribution in [1.82, 2.24) is 4.98 Å². The van der Waals surface area contributed by atoms with Gasteiger partial charge in [0.05, 0.1) is 15.9 Å². The summed E-state index contributed by atoms with van der Waals surface area (Å²) < 4.78 is 7.94. The summed E-state index contributed by atoms with van der Waals surface area (Å²) in [6.45, 7) is 0. The summed E-state index contributed by atoms with van der Waals surface area (Å²) >= 11 is 1.72. The van der Waals surface area contributed by atoms with Crippen LogP contribution in [0.25, 0.3) is 75.8 Å². The van der Waals surface area contributed by atoms with Crippen LogP contribution < -0.4 is 4.90 Å². The lowest BCUT2D eigenvalue weighted by Gasteiger charge is -2.26. The van der Waals surface area contributed by atoms with Crippen molar-refractivity contribution in [3.63, 3.8) is 0 Å². The maximum absolute atomic E-state index is 6.81. The summed E-state index contributed by atoms with van der Waals surface area (Å²) in [4.78, 5) is 7.62. The zero-order valence-corrected chi connectivity index (χ0v) is 28.3. The number of nitrogens with zero attached hydrogens (tertiary/aromatic N) is 2. The lowest BCUT2D eigenvalue weighted by Crippen LogP contribution is -2.10. The number of hydrogen-bond acceptors (Lipinski definition) is 4. The predicted molar refractivity (Wildman–Crippen MR) is 215 cm³/mol. The van der Waals surface area contributed by atoms with Crippen LogP contribution in [-0.4, -0.2) is 4.98 Å². The van der Waals surface area contributed by atoms with Crippen molar-refractivity contribution >= 4 is 71.3 Å². The lowest BCUT2D eigenvalue weighted by molar-refractivity contribution is 0.669. The summed E-state index contributed by atoms with van der Waals surface area (Å²) in [5.41, 5.74) is 11.5. The predicted octanol–water partition coefficient (Wildman–Crippen LogP) is 13.8. The zero-order chi connectivity index (χ0) is 33.7. The first-order valence-electron chi connectivity index (χ1n) is 17.1. The monoisotopic (exact) mass is 670 g/mol. The van der Waals surface area contributed by atoms with E-state index in [0.29, 0.717) is 0 Å². The molecule has 0 saturated carbocycles. The van der Waals surface area contributed by atoms with Crippen LogP contribution in [0.5, 0.6) is 0 Å². The minimum atomic E-state index is 0.846. The highest BCUT2D eigenvalue weighted by Gasteiger charge is 2.24. The van der Waals surface area contributed by atoms with Crippen LogP contribution in [0.3, 0.4) is 0 Å². The van der Waals surface area contributed by atoms with Gasteiger partial charge in [0.1, 0.15) is 10.6 Å². The second-order valence-corrected chi connectivity index (χ2v) is 13.8. The molecule has 0 aliphatic rings. The van der Waals surface area contributed by atoms with Gasteiger partial charge in [0.15, 0.2) is 5.58 Å². The summed E-state index contributed by atoms with van der Waals surface area (Å²) in [7, 11) is 0. The molecule has 10 aromatic rings. The zero-order valence-electron chi connectivity index (χ0n) is 27.5. The van der Waals surface area contributed by atoms with Crippen molar-refractivity contribution in [1.29, 1.82) is 0 Å². The summed E-state index contributed by atoms with van der Waals surface area (Å²) in [5, 5.41) is 5.55. The molecule has 0 aliphatic heterocycles. The highest BCUT2D eigenvalue weighted by Crippen LogP contribution is 2.48. The third-order valence-corrected chi connectivity index (χ3v) is 10.8. The first kappa shape index (κ1) is 29.4. The number of para-hydroxylation sites is 1. The van der Waals surface area contributed by atoms with Crippen LogP contribution in [0.1, 0.15) is 0 Å². The number of benzene rings is 8. The van der Waals surface area contributed by atoms with E-state index in [1.165, 1.54) is 33.0 Å². The third kappa shape index (κ3) is 5.16. The first-order valence-corrected chi connectivity index (χ1v) is 17.9. The smallest absolute Gasteiger partial charge is 0.160 e. The van der Waals surface area contributed by atoms with Gasteiger partial charge in [-0.05, 0) is 69.4 Å². The van der Waals surface area contributed by atoms with Gasteiger partial charge in [-0.2, -0.15) is 0 Å². The topological polar surface area (TPSA) is 29.3 Å². The van der Waals surface area contributed by atoms with Crippen molar-refractivity contribution in [3.8, 4) is 32.8 Å². The average molecular weight is 671 g/mol. The molecule has 2 aromatic heterocycles. The quantitative estimate of drug-likeness (QED) is 0.176. The number of aromatic nitrogens is 1. The number of anilines is 3. The SMILES string of the molecule is c1ccc(-c2ccc(-c3nc4cc(N(c5ccc(-c6ccccc6)cc5)c5ccc6ccccc6c5)c5oc6ccccc6c5c4s3)cc2)cc1. The lowest BCUT2D eigenvalue weighted by atomic mass is 10.0. The largest absolute Gasteiger partial charge is 0.454 e. The summed E-state index contributed by atoms with van der Waals surface area (Å²) in [6.07, 6.45) is 0. The highest BCUT2D eigenvalue weighted by atomic mass is 32.1. The Morgan fingerprint density at radius 1 is 0.471 bits per heavy atom. The molecule has 3 nitrogen and oxygen atoms in total. The van der Waals surface area contributed by atoms with E-state index in [2.05, 4.69) is 181 Å². The fourth-order valence-electron chi connectivity index (χ4n) is 7.16. The second-order valence-electron chi connectivity index (χ2n) is 12.8. The molecule has 0 radical (unpaired) electrons. The van der Waals surface area contributed by atoms with Gasteiger partial charge in [0.2, 0.25) is 0 Å². The number of rotatable bonds is 6. The molecule has 0 unspecified atom stereocenters. The van der Waals surface area contributed by atoms with Gasteiger partial charge in [-0.1, -0.05) is 146 Å². The van der Waals surface area contributed by atoms with Crippen molar-refractivity contribution in [2.24, 2.45) is 0 Å². The number of furan rings is 1. The number of thiazole rings is 1. The van der Waals surface area contributed by atoms with Crippen LogP contribution >= 0.6 is 11.3 Å². The van der Waals surface area contributed by atoms with Gasteiger partial charge < -0.3 is 9.32 Å². The molecule has 0 fully saturated rings. The minimum absolute atomic E-state index is 0.846. The van der Waals surface area contributed by atoms with Crippen molar-refractivity contribution in [3.05, 3.63) is 182 Å². The molecular formula is C47H30N2OS. The Balaban J connectivity index is 1.19. The Bertz CT molecular complexity index is 2840. The standard InChI is InChI=1S/C47H30N2OS/c1-3-11-31(12-4-1)34-19-21-36(22-20-34)47-48-41-30-42(45-44(46(41)51-47)40-17-9-10-18-43(40)50-45)49(39-28-25-33-15-7-8-16-37(33)29-39)38-26-23-35(24-27-38)32-13-5-2-6-14-32/h1-30H. The van der Waals surface area contributed by atoms with Gasteiger partial charge in [0.25, 0.3) is 0 Å². The van der Waals surface area contributed by atoms with Gasteiger partial charge in [-0.3, -0.25) is 0 Å². The van der Waals surface area contributed by atoms with E-state index in [9.17, 15) is 0 Å². The molecule has 0 atom stereocenters. The molecule has 0 aliphatic carbocycles. The molecule has 2 heterocycles. The molecule has 51 heavy (non-hydrogen) atoms. The molecule has 0 bridgehead atoms. The van der Waals surface area contributed by atoms with Gasteiger partial charge in [-0.15, -0.1) is 11.3 Å². The van der Waals surface area contributed by atoms with E-state index in [0.717, 1.165) is 59.8 Å². The van der Waals surface area contributed by atoms with E-state index >= 15 is 0 Å². The molecule has 10 rings (SSSR count). The minimum Gasteiger partial charge on any atom is -0.454 e. The summed E-state index contributed by atoms with van der Waals surface area (Å²) in [5.74, 6) is 0. The Labute approximate surface area is 299 Å². The Kier molecular flexibility index (Phi) is 7.00. The first-order chi connectivity index (χ1) is 25.3. The fraction of sp³-hybridized carbons (Fsp3) is 0. The Morgan fingerprint density at radius 2 is 1.04 bits per heavy atom.